The van der Waals surface area contributed by atoms with E-state index in [0.717, 1.165) is 28.5 Å². The minimum Gasteiger partial charge on any atom is -0.346 e. The highest BCUT2D eigenvalue weighted by molar-refractivity contribution is 5.91. The molecule has 0 aliphatic rings. The van der Waals surface area contributed by atoms with E-state index in [1.54, 1.807) is 6.20 Å². The third-order valence-electron chi connectivity index (χ3n) is 2.61. The van der Waals surface area contributed by atoms with Crippen LogP contribution in [0.25, 0.3) is 17.1 Å². The highest BCUT2D eigenvalue weighted by atomic mass is 16.1. The van der Waals surface area contributed by atoms with E-state index in [0.29, 0.717) is 0 Å². The van der Waals surface area contributed by atoms with Gasteiger partial charge in [0.25, 0.3) is 0 Å². The minimum atomic E-state index is 0.235. The van der Waals surface area contributed by atoms with Gasteiger partial charge in [-0.05, 0) is 29.7 Å². The molecule has 0 fully saturated rings. The smallest absolute Gasteiger partial charge is 0.146 e. The summed E-state index contributed by atoms with van der Waals surface area (Å²) in [6.07, 6.45) is 6.46. The Labute approximate surface area is 94.2 Å². The summed E-state index contributed by atoms with van der Waals surface area (Å²) in [6, 6.07) is 3.89. The molecule has 0 radical (unpaired) electrons. The van der Waals surface area contributed by atoms with E-state index in [1.165, 1.54) is 0 Å². The molecule has 16 heavy (non-hydrogen) atoms. The summed E-state index contributed by atoms with van der Waals surface area (Å²) in [5.41, 5.74) is 2.66. The summed E-state index contributed by atoms with van der Waals surface area (Å²) in [6.45, 7) is 4.01. The Hall–Kier alpha value is -1.90. The first-order valence-corrected chi connectivity index (χ1v) is 5.31. The number of carbonyl (C=O) groups excluding carboxylic acids is 1. The zero-order valence-electron chi connectivity index (χ0n) is 9.40. The van der Waals surface area contributed by atoms with Crippen LogP contribution in [0.4, 0.5) is 0 Å². The predicted molar refractivity (Wildman–Crippen MR) is 65.0 cm³/mol. The molecule has 2 aromatic rings. The molecule has 0 bridgehead atoms. The van der Waals surface area contributed by atoms with Crippen LogP contribution >= 0.6 is 0 Å². The molecule has 0 unspecified atom stereocenters. The summed E-state index contributed by atoms with van der Waals surface area (Å²) in [5.74, 6) is 0.235. The molecular formula is C13H14N2O. The number of allylic oxidation sites excluding steroid dienone is 1. The maximum absolute atomic E-state index is 10.9. The lowest BCUT2D eigenvalue weighted by molar-refractivity contribution is -0.105. The van der Waals surface area contributed by atoms with Crippen molar-refractivity contribution in [3.8, 4) is 0 Å². The highest BCUT2D eigenvalue weighted by Gasteiger charge is 2.05. The molecule has 82 valence electrons. The number of nitrogens with one attached hydrogen (secondary N) is 1. The molecule has 2 aromatic heterocycles. The SMILES string of the molecule is CC(C)C(C=O)=Cc1c[nH]c2ncccc12. The minimum absolute atomic E-state index is 0.235. The lowest BCUT2D eigenvalue weighted by Crippen LogP contribution is -1.94. The van der Waals surface area contributed by atoms with Gasteiger partial charge >= 0.3 is 0 Å². The van der Waals surface area contributed by atoms with Crippen molar-refractivity contribution in [1.82, 2.24) is 9.97 Å². The Bertz CT molecular complexity index is 538. The van der Waals surface area contributed by atoms with E-state index in [1.807, 2.05) is 38.3 Å². The van der Waals surface area contributed by atoms with Gasteiger partial charge in [0.2, 0.25) is 0 Å². The van der Waals surface area contributed by atoms with E-state index < -0.39 is 0 Å². The van der Waals surface area contributed by atoms with Gasteiger partial charge in [0.15, 0.2) is 0 Å². The molecule has 2 rings (SSSR count). The van der Waals surface area contributed by atoms with Crippen molar-refractivity contribution in [1.29, 1.82) is 0 Å². The van der Waals surface area contributed by atoms with Gasteiger partial charge in [0.05, 0.1) is 0 Å². The van der Waals surface area contributed by atoms with Crippen LogP contribution in [0.3, 0.4) is 0 Å². The van der Waals surface area contributed by atoms with Crippen LogP contribution in [0.2, 0.25) is 0 Å². The monoisotopic (exact) mass is 214 g/mol. The fraction of sp³-hybridized carbons (Fsp3) is 0.231. The summed E-state index contributed by atoms with van der Waals surface area (Å²) >= 11 is 0. The van der Waals surface area contributed by atoms with Crippen LogP contribution in [0, 0.1) is 5.92 Å². The van der Waals surface area contributed by atoms with Gasteiger partial charge in [-0.1, -0.05) is 13.8 Å². The molecule has 0 atom stereocenters. The third kappa shape index (κ3) is 1.89. The van der Waals surface area contributed by atoms with Crippen LogP contribution in [-0.4, -0.2) is 16.3 Å². The first-order chi connectivity index (χ1) is 7.72. The van der Waals surface area contributed by atoms with Crippen molar-refractivity contribution >= 4 is 23.4 Å². The normalized spacial score (nSPS) is 12.3. The average molecular weight is 214 g/mol. The van der Waals surface area contributed by atoms with Crippen molar-refractivity contribution in [2.24, 2.45) is 5.92 Å². The second-order valence-electron chi connectivity index (χ2n) is 4.06. The number of aromatic nitrogens is 2. The van der Waals surface area contributed by atoms with E-state index >= 15 is 0 Å². The molecule has 0 saturated heterocycles. The third-order valence-corrected chi connectivity index (χ3v) is 2.61. The second kappa shape index (κ2) is 4.31. The van der Waals surface area contributed by atoms with Gasteiger partial charge in [-0.25, -0.2) is 4.98 Å². The van der Waals surface area contributed by atoms with Gasteiger partial charge in [-0.15, -0.1) is 0 Å². The molecule has 2 heterocycles. The van der Waals surface area contributed by atoms with E-state index in [2.05, 4.69) is 9.97 Å². The number of H-pyrrole nitrogens is 1. The van der Waals surface area contributed by atoms with Crippen LogP contribution in [0.1, 0.15) is 19.4 Å². The summed E-state index contributed by atoms with van der Waals surface area (Å²) in [5, 5.41) is 1.04. The van der Waals surface area contributed by atoms with E-state index in [9.17, 15) is 4.79 Å². The fourth-order valence-corrected chi connectivity index (χ4v) is 1.61. The topological polar surface area (TPSA) is 45.8 Å². The number of carbonyl (C=O) groups is 1. The van der Waals surface area contributed by atoms with E-state index in [-0.39, 0.29) is 5.92 Å². The first kappa shape index (κ1) is 10.6. The summed E-state index contributed by atoms with van der Waals surface area (Å²) in [7, 11) is 0. The number of pyridine rings is 1. The van der Waals surface area contributed by atoms with Crippen molar-refractivity contribution in [3.63, 3.8) is 0 Å². The fourth-order valence-electron chi connectivity index (χ4n) is 1.61. The Balaban J connectivity index is 2.52. The molecule has 3 heteroatoms. The van der Waals surface area contributed by atoms with Gasteiger partial charge in [-0.3, -0.25) is 4.79 Å². The van der Waals surface area contributed by atoms with Gasteiger partial charge in [-0.2, -0.15) is 0 Å². The largest absolute Gasteiger partial charge is 0.346 e. The summed E-state index contributed by atoms with van der Waals surface area (Å²) < 4.78 is 0. The molecule has 0 spiro atoms. The average Bonchev–Trinajstić information content (AvgIpc) is 2.69. The van der Waals surface area contributed by atoms with Crippen molar-refractivity contribution in [2.75, 3.05) is 0 Å². The first-order valence-electron chi connectivity index (χ1n) is 5.31. The maximum Gasteiger partial charge on any atom is 0.146 e. The zero-order chi connectivity index (χ0) is 11.5. The molecular weight excluding hydrogens is 200 g/mol. The number of hydrogen-bond donors (Lipinski definition) is 1. The van der Waals surface area contributed by atoms with Crippen molar-refractivity contribution < 1.29 is 4.79 Å². The number of aromatic amines is 1. The zero-order valence-corrected chi connectivity index (χ0v) is 9.40. The molecule has 0 aromatic carbocycles. The number of fused-ring (bicyclic) bond motifs is 1. The number of aldehydes is 1. The Morgan fingerprint density at radius 2 is 2.31 bits per heavy atom. The highest BCUT2D eigenvalue weighted by Crippen LogP contribution is 2.20. The quantitative estimate of drug-likeness (QED) is 0.630. The van der Waals surface area contributed by atoms with Crippen LogP contribution in [-0.2, 0) is 4.79 Å². The molecule has 0 aliphatic heterocycles. The standard InChI is InChI=1S/C13H14N2O/c1-9(2)11(8-16)6-10-7-15-13-12(10)4-3-5-14-13/h3-9H,1-2H3,(H,14,15). The molecule has 1 N–H and O–H groups in total. The van der Waals surface area contributed by atoms with Crippen LogP contribution in [0.5, 0.6) is 0 Å². The van der Waals surface area contributed by atoms with Crippen molar-refractivity contribution in [2.45, 2.75) is 13.8 Å². The Morgan fingerprint density at radius 1 is 1.50 bits per heavy atom. The van der Waals surface area contributed by atoms with Gasteiger partial charge < -0.3 is 4.98 Å². The predicted octanol–water partition coefficient (Wildman–Crippen LogP) is 2.80. The van der Waals surface area contributed by atoms with E-state index in [4.69, 9.17) is 0 Å². The second-order valence-corrected chi connectivity index (χ2v) is 4.06. The molecule has 3 nitrogen and oxygen atoms in total. The van der Waals surface area contributed by atoms with Gasteiger partial charge in [0.1, 0.15) is 11.9 Å². The molecule has 0 aliphatic carbocycles. The van der Waals surface area contributed by atoms with Gasteiger partial charge in [0, 0.05) is 23.3 Å². The van der Waals surface area contributed by atoms with Crippen LogP contribution < -0.4 is 0 Å². The summed E-state index contributed by atoms with van der Waals surface area (Å²) in [4.78, 5) is 18.2. The molecule has 0 saturated carbocycles. The van der Waals surface area contributed by atoms with Crippen molar-refractivity contribution in [3.05, 3.63) is 35.7 Å². The Morgan fingerprint density at radius 3 is 3.00 bits per heavy atom. The number of hydrogen-bond acceptors (Lipinski definition) is 2. The Kier molecular flexibility index (Phi) is 2.86. The number of nitrogens with zero attached hydrogens (tertiary/aromatic N) is 1. The lowest BCUT2D eigenvalue weighted by Gasteiger charge is -2.02. The lowest BCUT2D eigenvalue weighted by atomic mass is 10.0. The maximum atomic E-state index is 10.9. The van der Waals surface area contributed by atoms with Crippen LogP contribution in [0.15, 0.2) is 30.1 Å². The number of rotatable bonds is 3. The molecule has 0 amide bonds.